The first kappa shape index (κ1) is 18.6. The van der Waals surface area contributed by atoms with Crippen molar-refractivity contribution in [3.63, 3.8) is 0 Å². The molecule has 5 nitrogen and oxygen atoms in total. The molecule has 2 aliphatic heterocycles. The Morgan fingerprint density at radius 2 is 1.39 bits per heavy atom. The number of hydrogen-bond donors (Lipinski definition) is 0. The second-order valence-corrected chi connectivity index (χ2v) is 7.52. The largest absolute Gasteiger partial charge is 0.368 e. The molecule has 0 atom stereocenters. The van der Waals surface area contributed by atoms with Crippen LogP contribution in [0.4, 0.5) is 20.6 Å². The lowest BCUT2D eigenvalue weighted by atomic mass is 10.2. The van der Waals surface area contributed by atoms with E-state index in [2.05, 4.69) is 36.1 Å². The minimum Gasteiger partial charge on any atom is -0.368 e. The number of carbonyl (C=O) groups excluding carboxylic acids is 1. The maximum Gasteiger partial charge on any atom is 0.320 e. The number of carbonyl (C=O) groups is 1. The number of nitrogens with zero attached hydrogens (tertiary/aromatic N) is 4. The third-order valence-electron chi connectivity index (χ3n) is 5.66. The molecule has 2 heterocycles. The SMILES string of the molecule is Cc1cccc(N2CCN(C(=O)N3CCN(c4ccccc4F)CC3)CC2)c1. The van der Waals surface area contributed by atoms with E-state index in [0.717, 1.165) is 26.2 Å². The first-order valence-corrected chi connectivity index (χ1v) is 9.97. The van der Waals surface area contributed by atoms with E-state index in [0.29, 0.717) is 31.9 Å². The smallest absolute Gasteiger partial charge is 0.320 e. The quantitative estimate of drug-likeness (QED) is 0.799. The number of piperazine rings is 2. The molecule has 0 saturated carbocycles. The van der Waals surface area contributed by atoms with Crippen LogP contribution >= 0.6 is 0 Å². The highest BCUT2D eigenvalue weighted by Crippen LogP contribution is 2.21. The van der Waals surface area contributed by atoms with Gasteiger partial charge < -0.3 is 19.6 Å². The van der Waals surface area contributed by atoms with E-state index in [1.807, 2.05) is 20.8 Å². The van der Waals surface area contributed by atoms with Gasteiger partial charge in [0.05, 0.1) is 5.69 Å². The van der Waals surface area contributed by atoms with Crippen molar-refractivity contribution in [2.45, 2.75) is 6.92 Å². The molecule has 2 amide bonds. The van der Waals surface area contributed by atoms with Crippen molar-refractivity contribution in [1.82, 2.24) is 9.80 Å². The first-order valence-electron chi connectivity index (χ1n) is 9.97. The highest BCUT2D eigenvalue weighted by Gasteiger charge is 2.28. The summed E-state index contributed by atoms with van der Waals surface area (Å²) in [7, 11) is 0. The van der Waals surface area contributed by atoms with Crippen LogP contribution in [0.1, 0.15) is 5.56 Å². The third kappa shape index (κ3) is 3.91. The Labute approximate surface area is 165 Å². The molecule has 2 fully saturated rings. The van der Waals surface area contributed by atoms with Gasteiger partial charge in [-0.15, -0.1) is 0 Å². The molecule has 28 heavy (non-hydrogen) atoms. The van der Waals surface area contributed by atoms with Gasteiger partial charge in [0.1, 0.15) is 5.82 Å². The second kappa shape index (κ2) is 8.09. The molecule has 2 aromatic carbocycles. The van der Waals surface area contributed by atoms with Crippen molar-refractivity contribution in [3.8, 4) is 0 Å². The number of benzene rings is 2. The van der Waals surface area contributed by atoms with Crippen molar-refractivity contribution in [2.75, 3.05) is 62.2 Å². The average molecular weight is 382 g/mol. The molecule has 2 aromatic rings. The van der Waals surface area contributed by atoms with Crippen LogP contribution in [0.25, 0.3) is 0 Å². The van der Waals surface area contributed by atoms with Gasteiger partial charge in [0.25, 0.3) is 0 Å². The molecule has 0 unspecified atom stereocenters. The molecule has 2 saturated heterocycles. The van der Waals surface area contributed by atoms with Crippen LogP contribution in [0.2, 0.25) is 0 Å². The Balaban J connectivity index is 1.30. The Kier molecular flexibility index (Phi) is 5.37. The Bertz CT molecular complexity index is 827. The van der Waals surface area contributed by atoms with E-state index in [9.17, 15) is 9.18 Å². The summed E-state index contributed by atoms with van der Waals surface area (Å²) in [6.07, 6.45) is 0. The van der Waals surface area contributed by atoms with Crippen molar-refractivity contribution >= 4 is 17.4 Å². The lowest BCUT2D eigenvalue weighted by Gasteiger charge is -2.41. The molecule has 0 N–H and O–H groups in total. The van der Waals surface area contributed by atoms with E-state index in [-0.39, 0.29) is 11.8 Å². The van der Waals surface area contributed by atoms with Gasteiger partial charge in [0.15, 0.2) is 0 Å². The fourth-order valence-corrected chi connectivity index (χ4v) is 4.03. The van der Waals surface area contributed by atoms with E-state index in [1.54, 1.807) is 12.1 Å². The number of anilines is 2. The van der Waals surface area contributed by atoms with Crippen LogP contribution in [0.15, 0.2) is 48.5 Å². The Morgan fingerprint density at radius 3 is 2.00 bits per heavy atom. The predicted molar refractivity (Wildman–Crippen MR) is 111 cm³/mol. The number of halogens is 1. The summed E-state index contributed by atoms with van der Waals surface area (Å²) < 4.78 is 14.0. The van der Waals surface area contributed by atoms with Gasteiger partial charge in [-0.25, -0.2) is 9.18 Å². The van der Waals surface area contributed by atoms with Gasteiger partial charge in [0.2, 0.25) is 0 Å². The van der Waals surface area contributed by atoms with Gasteiger partial charge in [-0.05, 0) is 36.8 Å². The van der Waals surface area contributed by atoms with Crippen molar-refractivity contribution in [3.05, 3.63) is 59.9 Å². The molecule has 0 aliphatic carbocycles. The number of aryl methyl sites for hydroxylation is 1. The fraction of sp³-hybridized carbons (Fsp3) is 0.409. The highest BCUT2D eigenvalue weighted by atomic mass is 19.1. The zero-order valence-electron chi connectivity index (χ0n) is 16.4. The normalized spacial score (nSPS) is 17.8. The molecule has 0 bridgehead atoms. The van der Waals surface area contributed by atoms with Gasteiger partial charge in [0, 0.05) is 58.0 Å². The molecular formula is C22H27FN4O. The average Bonchev–Trinajstić information content (AvgIpc) is 2.74. The Hall–Kier alpha value is -2.76. The Morgan fingerprint density at radius 1 is 0.786 bits per heavy atom. The fourth-order valence-electron chi connectivity index (χ4n) is 4.03. The standard InChI is InChI=1S/C22H27FN4O/c1-18-5-4-6-19(17-18)24-9-13-26(14-10-24)22(28)27-15-11-25(12-16-27)21-8-3-2-7-20(21)23/h2-8,17H,9-16H2,1H3. The zero-order valence-corrected chi connectivity index (χ0v) is 16.4. The summed E-state index contributed by atoms with van der Waals surface area (Å²) in [5.74, 6) is -0.199. The van der Waals surface area contributed by atoms with Crippen molar-refractivity contribution < 1.29 is 9.18 Å². The highest BCUT2D eigenvalue weighted by molar-refractivity contribution is 5.75. The zero-order chi connectivity index (χ0) is 19.5. The van der Waals surface area contributed by atoms with Crippen LogP contribution < -0.4 is 9.80 Å². The van der Waals surface area contributed by atoms with E-state index in [1.165, 1.54) is 17.3 Å². The van der Waals surface area contributed by atoms with Crippen molar-refractivity contribution in [1.29, 1.82) is 0 Å². The predicted octanol–water partition coefficient (Wildman–Crippen LogP) is 3.20. The summed E-state index contributed by atoms with van der Waals surface area (Å²) >= 11 is 0. The first-order chi connectivity index (χ1) is 13.6. The lowest BCUT2D eigenvalue weighted by Crippen LogP contribution is -2.57. The molecule has 2 aliphatic rings. The van der Waals surface area contributed by atoms with E-state index >= 15 is 0 Å². The monoisotopic (exact) mass is 382 g/mol. The van der Waals surface area contributed by atoms with Crippen LogP contribution in [0.3, 0.4) is 0 Å². The summed E-state index contributed by atoms with van der Waals surface area (Å²) in [5.41, 5.74) is 3.11. The molecule has 4 rings (SSSR count). The number of rotatable bonds is 2. The topological polar surface area (TPSA) is 30.0 Å². The van der Waals surface area contributed by atoms with Crippen LogP contribution in [0.5, 0.6) is 0 Å². The lowest BCUT2D eigenvalue weighted by molar-refractivity contribution is 0.147. The van der Waals surface area contributed by atoms with Crippen molar-refractivity contribution in [2.24, 2.45) is 0 Å². The number of urea groups is 1. The molecule has 0 spiro atoms. The van der Waals surface area contributed by atoms with E-state index < -0.39 is 0 Å². The van der Waals surface area contributed by atoms with Gasteiger partial charge >= 0.3 is 6.03 Å². The summed E-state index contributed by atoms with van der Waals surface area (Å²) in [6.45, 7) is 7.86. The second-order valence-electron chi connectivity index (χ2n) is 7.52. The van der Waals surface area contributed by atoms with Gasteiger partial charge in [-0.1, -0.05) is 24.3 Å². The maximum absolute atomic E-state index is 14.0. The minimum absolute atomic E-state index is 0.108. The summed E-state index contributed by atoms with van der Waals surface area (Å²) in [6, 6.07) is 15.5. The molecule has 6 heteroatoms. The van der Waals surface area contributed by atoms with Gasteiger partial charge in [-0.2, -0.15) is 0 Å². The van der Waals surface area contributed by atoms with Crippen LogP contribution in [0, 0.1) is 12.7 Å². The van der Waals surface area contributed by atoms with Crippen LogP contribution in [-0.2, 0) is 0 Å². The van der Waals surface area contributed by atoms with Crippen LogP contribution in [-0.4, -0.2) is 68.2 Å². The minimum atomic E-state index is -0.199. The summed E-state index contributed by atoms with van der Waals surface area (Å²) in [5, 5.41) is 0. The summed E-state index contributed by atoms with van der Waals surface area (Å²) in [4.78, 5) is 21.1. The molecular weight excluding hydrogens is 355 g/mol. The molecule has 148 valence electrons. The third-order valence-corrected chi connectivity index (χ3v) is 5.66. The van der Waals surface area contributed by atoms with Gasteiger partial charge in [-0.3, -0.25) is 0 Å². The number of hydrogen-bond acceptors (Lipinski definition) is 3. The molecule has 0 aromatic heterocycles. The number of para-hydroxylation sites is 1. The van der Waals surface area contributed by atoms with E-state index in [4.69, 9.17) is 0 Å². The molecule has 0 radical (unpaired) electrons. The number of amides is 2. The maximum atomic E-state index is 14.0.